The molecule has 0 N–H and O–H groups in total. The SMILES string of the molecule is C=Cc1oc(C=C)c(/C=C/C=C2/OCC/C2=C/C)c(=O)c1C=C. The zero-order valence-corrected chi connectivity index (χ0v) is 13.3. The van der Waals surface area contributed by atoms with Gasteiger partial charge in [0.2, 0.25) is 0 Å². The molecule has 0 radical (unpaired) electrons. The third-order valence-corrected chi connectivity index (χ3v) is 3.62. The van der Waals surface area contributed by atoms with Gasteiger partial charge in [0.15, 0.2) is 5.43 Å². The van der Waals surface area contributed by atoms with Crippen molar-refractivity contribution >= 4 is 24.3 Å². The van der Waals surface area contributed by atoms with Gasteiger partial charge >= 0.3 is 0 Å². The van der Waals surface area contributed by atoms with Gasteiger partial charge in [0.1, 0.15) is 17.3 Å². The van der Waals surface area contributed by atoms with Gasteiger partial charge in [0.25, 0.3) is 0 Å². The normalized spacial score (nSPS) is 17.6. The Morgan fingerprint density at radius 2 is 1.74 bits per heavy atom. The Labute approximate surface area is 136 Å². The zero-order chi connectivity index (χ0) is 16.8. The lowest BCUT2D eigenvalue weighted by Gasteiger charge is -2.05. The first kappa shape index (κ1) is 16.6. The van der Waals surface area contributed by atoms with E-state index in [4.69, 9.17) is 9.15 Å². The summed E-state index contributed by atoms with van der Waals surface area (Å²) in [6.45, 7) is 13.7. The van der Waals surface area contributed by atoms with E-state index in [1.54, 1.807) is 12.2 Å². The van der Waals surface area contributed by atoms with Crippen molar-refractivity contribution in [2.45, 2.75) is 13.3 Å². The lowest BCUT2D eigenvalue weighted by atomic mass is 10.1. The van der Waals surface area contributed by atoms with Crippen LogP contribution in [-0.4, -0.2) is 6.61 Å². The van der Waals surface area contributed by atoms with Gasteiger partial charge in [0, 0.05) is 6.42 Å². The molecule has 0 amide bonds. The second-order valence-electron chi connectivity index (χ2n) is 4.90. The van der Waals surface area contributed by atoms with Crippen LogP contribution in [0, 0.1) is 0 Å². The number of ether oxygens (including phenoxy) is 1. The number of allylic oxidation sites excluding steroid dienone is 4. The first-order chi connectivity index (χ1) is 11.2. The second kappa shape index (κ2) is 7.45. The Morgan fingerprint density at radius 3 is 2.35 bits per heavy atom. The number of hydrogen-bond acceptors (Lipinski definition) is 3. The first-order valence-electron chi connectivity index (χ1n) is 7.41. The molecule has 0 saturated carbocycles. The molecule has 1 aliphatic rings. The van der Waals surface area contributed by atoms with Crippen molar-refractivity contribution in [3.05, 3.63) is 82.2 Å². The highest BCUT2D eigenvalue weighted by molar-refractivity contribution is 5.68. The molecule has 3 nitrogen and oxygen atoms in total. The van der Waals surface area contributed by atoms with Crippen LogP contribution in [0.3, 0.4) is 0 Å². The van der Waals surface area contributed by atoms with Crippen molar-refractivity contribution in [3.63, 3.8) is 0 Å². The van der Waals surface area contributed by atoms with Crippen LogP contribution in [0.25, 0.3) is 24.3 Å². The molecule has 1 fully saturated rings. The van der Waals surface area contributed by atoms with Crippen LogP contribution in [0.1, 0.15) is 36.0 Å². The van der Waals surface area contributed by atoms with Gasteiger partial charge in [0.05, 0.1) is 17.7 Å². The van der Waals surface area contributed by atoms with E-state index in [-0.39, 0.29) is 5.43 Å². The molecule has 0 aromatic carbocycles. The molecular formula is C20H20O3. The van der Waals surface area contributed by atoms with Gasteiger partial charge in [-0.05, 0) is 36.8 Å². The summed E-state index contributed by atoms with van der Waals surface area (Å²) in [6.07, 6.45) is 12.8. The lowest BCUT2D eigenvalue weighted by molar-refractivity contribution is 0.266. The fraction of sp³-hybridized carbons (Fsp3) is 0.150. The van der Waals surface area contributed by atoms with Crippen molar-refractivity contribution in [3.8, 4) is 0 Å². The summed E-state index contributed by atoms with van der Waals surface area (Å²) in [5, 5.41) is 0. The van der Waals surface area contributed by atoms with Gasteiger partial charge in [-0.3, -0.25) is 4.79 Å². The van der Waals surface area contributed by atoms with Gasteiger partial charge in [-0.2, -0.15) is 0 Å². The average Bonchev–Trinajstić information content (AvgIpc) is 3.03. The topological polar surface area (TPSA) is 39.4 Å². The Balaban J connectivity index is 2.47. The lowest BCUT2D eigenvalue weighted by Crippen LogP contribution is -2.12. The molecule has 1 aliphatic heterocycles. The smallest absolute Gasteiger partial charge is 0.200 e. The molecule has 2 rings (SSSR count). The predicted octanol–water partition coefficient (Wildman–Crippen LogP) is 4.83. The zero-order valence-electron chi connectivity index (χ0n) is 13.3. The van der Waals surface area contributed by atoms with Gasteiger partial charge in [-0.15, -0.1) is 0 Å². The predicted molar refractivity (Wildman–Crippen MR) is 96.7 cm³/mol. The van der Waals surface area contributed by atoms with E-state index in [1.165, 1.54) is 23.8 Å². The maximum Gasteiger partial charge on any atom is 0.200 e. The van der Waals surface area contributed by atoms with E-state index < -0.39 is 0 Å². The van der Waals surface area contributed by atoms with E-state index >= 15 is 0 Å². The minimum Gasteiger partial charge on any atom is -0.493 e. The van der Waals surface area contributed by atoms with Crippen molar-refractivity contribution in [2.24, 2.45) is 0 Å². The van der Waals surface area contributed by atoms with Crippen LogP contribution in [-0.2, 0) is 4.74 Å². The molecule has 0 unspecified atom stereocenters. The third-order valence-electron chi connectivity index (χ3n) is 3.62. The average molecular weight is 308 g/mol. The standard InChI is InChI=1S/C20H20O3/c1-5-14-12-13-22-19(14)11-9-10-16-18(8-4)23-17(7-3)15(6-2)20(16)21/h5-11H,2-4,12-13H2,1H3/b10-9+,14-5-,19-11+. The minimum absolute atomic E-state index is 0.163. The largest absolute Gasteiger partial charge is 0.493 e. The molecular weight excluding hydrogens is 288 g/mol. The van der Waals surface area contributed by atoms with Gasteiger partial charge < -0.3 is 9.15 Å². The molecule has 1 saturated heterocycles. The Hall–Kier alpha value is -2.81. The maximum absolute atomic E-state index is 12.6. The van der Waals surface area contributed by atoms with Crippen molar-refractivity contribution in [1.29, 1.82) is 0 Å². The van der Waals surface area contributed by atoms with Crippen molar-refractivity contribution in [1.82, 2.24) is 0 Å². The Kier molecular flexibility index (Phi) is 5.36. The summed E-state index contributed by atoms with van der Waals surface area (Å²) in [6, 6.07) is 0. The molecule has 118 valence electrons. The molecule has 3 heteroatoms. The summed E-state index contributed by atoms with van der Waals surface area (Å²) in [7, 11) is 0. The maximum atomic E-state index is 12.6. The summed E-state index contributed by atoms with van der Waals surface area (Å²) < 4.78 is 11.2. The highest BCUT2D eigenvalue weighted by Crippen LogP contribution is 2.23. The third kappa shape index (κ3) is 3.34. The quantitative estimate of drug-likeness (QED) is 0.782. The molecule has 2 heterocycles. The van der Waals surface area contributed by atoms with Crippen molar-refractivity contribution < 1.29 is 9.15 Å². The van der Waals surface area contributed by atoms with Crippen LogP contribution in [0.15, 0.2) is 58.5 Å². The van der Waals surface area contributed by atoms with Crippen LogP contribution < -0.4 is 5.43 Å². The second-order valence-corrected chi connectivity index (χ2v) is 4.90. The summed E-state index contributed by atoms with van der Waals surface area (Å²) in [5.74, 6) is 1.63. The van der Waals surface area contributed by atoms with Crippen LogP contribution in [0.5, 0.6) is 0 Å². The molecule has 1 aromatic rings. The Morgan fingerprint density at radius 1 is 1.04 bits per heavy atom. The first-order valence-corrected chi connectivity index (χ1v) is 7.41. The molecule has 0 bridgehead atoms. The molecule has 0 atom stereocenters. The molecule has 0 spiro atoms. The summed E-state index contributed by atoms with van der Waals surface area (Å²) in [4.78, 5) is 12.6. The van der Waals surface area contributed by atoms with Gasteiger partial charge in [-0.25, -0.2) is 0 Å². The highest BCUT2D eigenvalue weighted by Gasteiger charge is 2.14. The number of hydrogen-bond donors (Lipinski definition) is 0. The fourth-order valence-electron chi connectivity index (χ4n) is 2.41. The summed E-state index contributed by atoms with van der Waals surface area (Å²) >= 11 is 0. The van der Waals surface area contributed by atoms with E-state index in [0.29, 0.717) is 29.3 Å². The number of rotatable bonds is 5. The molecule has 1 aromatic heterocycles. The van der Waals surface area contributed by atoms with Crippen LogP contribution in [0.4, 0.5) is 0 Å². The summed E-state index contributed by atoms with van der Waals surface area (Å²) in [5.41, 5.74) is 1.82. The minimum atomic E-state index is -0.163. The monoisotopic (exact) mass is 308 g/mol. The fourth-order valence-corrected chi connectivity index (χ4v) is 2.41. The van der Waals surface area contributed by atoms with Crippen LogP contribution >= 0.6 is 0 Å². The molecule has 23 heavy (non-hydrogen) atoms. The van der Waals surface area contributed by atoms with E-state index in [2.05, 4.69) is 19.7 Å². The van der Waals surface area contributed by atoms with Gasteiger partial charge in [-0.1, -0.05) is 38.0 Å². The van der Waals surface area contributed by atoms with E-state index in [9.17, 15) is 4.79 Å². The highest BCUT2D eigenvalue weighted by atomic mass is 16.5. The molecule has 0 aliphatic carbocycles. The van der Waals surface area contributed by atoms with E-state index in [1.807, 2.05) is 19.1 Å². The van der Waals surface area contributed by atoms with Crippen molar-refractivity contribution in [2.75, 3.05) is 6.61 Å². The van der Waals surface area contributed by atoms with Crippen LogP contribution in [0.2, 0.25) is 0 Å². The van der Waals surface area contributed by atoms with E-state index in [0.717, 1.165) is 12.2 Å². The Bertz CT molecular complexity index is 786.